The third kappa shape index (κ3) is 5.82. The number of carboxylic acids is 1. The Bertz CT molecular complexity index is 1550. The molecule has 1 amide bonds. The molecule has 0 aliphatic carbocycles. The van der Waals surface area contributed by atoms with Crippen molar-refractivity contribution >= 4 is 40.1 Å². The number of aromatic nitrogens is 2. The topological polar surface area (TPSA) is 147 Å². The van der Waals surface area contributed by atoms with Gasteiger partial charge in [0.25, 0.3) is 5.91 Å². The molecule has 0 saturated heterocycles. The summed E-state index contributed by atoms with van der Waals surface area (Å²) in [4.78, 5) is 31.0. The number of fused-ring (bicyclic) bond motifs is 1. The molecule has 0 unspecified atom stereocenters. The number of halogens is 1. The van der Waals surface area contributed by atoms with Crippen molar-refractivity contribution in [3.8, 4) is 5.75 Å². The predicted octanol–water partition coefficient (Wildman–Crippen LogP) is 4.22. The van der Waals surface area contributed by atoms with E-state index in [4.69, 9.17) is 20.9 Å². The Morgan fingerprint density at radius 1 is 1.15 bits per heavy atom. The summed E-state index contributed by atoms with van der Waals surface area (Å²) in [5, 5.41) is 19.7. The van der Waals surface area contributed by atoms with Gasteiger partial charge in [0, 0.05) is 24.2 Å². The number of amides is 1. The fourth-order valence-electron chi connectivity index (χ4n) is 4.35. The molecule has 1 heterocycles. The summed E-state index contributed by atoms with van der Waals surface area (Å²) < 4.78 is 21.9. The van der Waals surface area contributed by atoms with E-state index in [-0.39, 0.29) is 36.9 Å². The fourth-order valence-corrected chi connectivity index (χ4v) is 4.35. The number of hydrogen-bond acceptors (Lipinski definition) is 6. The van der Waals surface area contributed by atoms with Gasteiger partial charge < -0.3 is 30.4 Å². The largest absolute Gasteiger partial charge is 0.495 e. The van der Waals surface area contributed by atoms with Crippen molar-refractivity contribution < 1.29 is 23.8 Å². The number of carbonyl (C=O) groups is 2. The molecule has 0 bridgehead atoms. The molecule has 10 nitrogen and oxygen atoms in total. The highest BCUT2D eigenvalue weighted by atomic mass is 19.1. The Kier molecular flexibility index (Phi) is 8.09. The van der Waals surface area contributed by atoms with E-state index in [0.717, 1.165) is 5.52 Å². The summed E-state index contributed by atoms with van der Waals surface area (Å²) in [6.45, 7) is 2.73. The van der Waals surface area contributed by atoms with E-state index in [1.165, 1.54) is 24.1 Å². The van der Waals surface area contributed by atoms with Gasteiger partial charge in [-0.25, -0.2) is 9.37 Å². The molecule has 0 saturated carbocycles. The smallest absolute Gasteiger partial charge is 0.305 e. The number of ether oxygens (including phenoxy) is 1. The maximum absolute atomic E-state index is 14.5. The number of aliphatic carboxylic acids is 1. The van der Waals surface area contributed by atoms with Gasteiger partial charge in [-0.15, -0.1) is 0 Å². The number of para-hydroxylation sites is 2. The van der Waals surface area contributed by atoms with E-state index in [0.29, 0.717) is 40.4 Å². The Labute approximate surface area is 224 Å². The maximum atomic E-state index is 14.5. The van der Waals surface area contributed by atoms with E-state index >= 15 is 0 Å². The number of rotatable bonds is 11. The number of methoxy groups -OCH3 is 1. The number of anilines is 2. The number of hydrogen-bond donors (Lipinski definition) is 4. The Morgan fingerprint density at radius 2 is 1.90 bits per heavy atom. The Hall–Kier alpha value is -4.93. The summed E-state index contributed by atoms with van der Waals surface area (Å²) in [5.74, 6) is -1.08. The number of nitrogens with zero attached hydrogens (tertiary/aromatic N) is 3. The van der Waals surface area contributed by atoms with Crippen molar-refractivity contribution in [2.75, 3.05) is 23.9 Å². The lowest BCUT2D eigenvalue weighted by Gasteiger charge is -2.24. The number of carboxylic acid groups (broad SMARTS) is 1. The Balaban J connectivity index is 1.64. The summed E-state index contributed by atoms with van der Waals surface area (Å²) in [6, 6.07) is 16.3. The van der Waals surface area contributed by atoms with Gasteiger partial charge in [0.1, 0.15) is 23.2 Å². The van der Waals surface area contributed by atoms with Gasteiger partial charge in [0.05, 0.1) is 42.5 Å². The zero-order chi connectivity index (χ0) is 28.1. The first-order valence-electron chi connectivity index (χ1n) is 12.3. The predicted molar refractivity (Wildman–Crippen MR) is 147 cm³/mol. The molecule has 4 aromatic rings. The quantitative estimate of drug-likeness (QED) is 0.167. The zero-order valence-corrected chi connectivity index (χ0v) is 21.6. The molecular formula is C28H29FN6O4. The van der Waals surface area contributed by atoms with E-state index in [2.05, 4.69) is 5.32 Å². The molecule has 0 radical (unpaired) electrons. The second kappa shape index (κ2) is 11.6. The minimum absolute atomic E-state index is 0.0425. The van der Waals surface area contributed by atoms with Crippen LogP contribution in [0.2, 0.25) is 0 Å². The van der Waals surface area contributed by atoms with Crippen LogP contribution in [-0.4, -0.2) is 46.0 Å². The third-order valence-electron chi connectivity index (χ3n) is 6.28. The number of amidine groups is 1. The van der Waals surface area contributed by atoms with E-state index in [1.807, 2.05) is 11.5 Å². The van der Waals surface area contributed by atoms with Crippen molar-refractivity contribution in [3.05, 3.63) is 83.4 Å². The molecule has 11 heteroatoms. The van der Waals surface area contributed by atoms with Crippen molar-refractivity contribution in [1.82, 2.24) is 9.55 Å². The first kappa shape index (κ1) is 27.1. The van der Waals surface area contributed by atoms with Gasteiger partial charge in [0.2, 0.25) is 0 Å². The van der Waals surface area contributed by atoms with Crippen molar-refractivity contribution in [3.63, 3.8) is 0 Å². The third-order valence-corrected chi connectivity index (χ3v) is 6.28. The molecule has 202 valence electrons. The van der Waals surface area contributed by atoms with Crippen LogP contribution in [0.5, 0.6) is 5.75 Å². The molecule has 3 aromatic carbocycles. The standard InChI is InChI=1S/C28H29FN6O4/c1-3-34-22-11-9-18(28(38)35(13-12-26(36)37)23-6-4-5-7-24(23)39-2)15-21(22)33-25(34)16-32-20-10-8-17(27(30)31)14-19(20)29/h4-11,14-15,32H,3,12-13,16H2,1-2H3,(H3,30,31)(H,36,37). The molecule has 1 aromatic heterocycles. The molecule has 0 spiro atoms. The summed E-state index contributed by atoms with van der Waals surface area (Å²) in [6.07, 6.45) is -0.240. The summed E-state index contributed by atoms with van der Waals surface area (Å²) >= 11 is 0. The minimum Gasteiger partial charge on any atom is -0.495 e. The molecule has 5 N–H and O–H groups in total. The normalized spacial score (nSPS) is 10.8. The first-order chi connectivity index (χ1) is 18.7. The number of aryl methyl sites for hydroxylation is 1. The van der Waals surface area contributed by atoms with Gasteiger partial charge in [-0.05, 0) is 55.5 Å². The molecular weight excluding hydrogens is 503 g/mol. The van der Waals surface area contributed by atoms with E-state index < -0.39 is 11.8 Å². The monoisotopic (exact) mass is 532 g/mol. The highest BCUT2D eigenvalue weighted by Crippen LogP contribution is 2.30. The average molecular weight is 533 g/mol. The van der Waals surface area contributed by atoms with Gasteiger partial charge in [-0.3, -0.25) is 15.0 Å². The van der Waals surface area contributed by atoms with Gasteiger partial charge in [-0.2, -0.15) is 0 Å². The van der Waals surface area contributed by atoms with Crippen LogP contribution >= 0.6 is 0 Å². The van der Waals surface area contributed by atoms with Gasteiger partial charge in [-0.1, -0.05) is 12.1 Å². The van der Waals surface area contributed by atoms with Crippen molar-refractivity contribution in [2.24, 2.45) is 5.73 Å². The van der Waals surface area contributed by atoms with Crippen LogP contribution in [0.1, 0.15) is 35.1 Å². The van der Waals surface area contributed by atoms with Crippen LogP contribution < -0.4 is 20.7 Å². The summed E-state index contributed by atoms with van der Waals surface area (Å²) in [5.41, 5.74) is 8.15. The molecule has 0 aliphatic heterocycles. The summed E-state index contributed by atoms with van der Waals surface area (Å²) in [7, 11) is 1.49. The molecule has 0 fully saturated rings. The van der Waals surface area contributed by atoms with Gasteiger partial charge in [0.15, 0.2) is 0 Å². The minimum atomic E-state index is -1.02. The second-order valence-corrected chi connectivity index (χ2v) is 8.71. The number of nitrogens with one attached hydrogen (secondary N) is 2. The number of benzene rings is 3. The van der Waals surface area contributed by atoms with Crippen molar-refractivity contribution in [1.29, 1.82) is 5.41 Å². The SMILES string of the molecule is CCn1c(CNc2ccc(C(=N)N)cc2F)nc2cc(C(=O)N(CCC(=O)O)c3ccccc3OC)ccc21. The van der Waals surface area contributed by atoms with Crippen LogP contribution in [0, 0.1) is 11.2 Å². The second-order valence-electron chi connectivity index (χ2n) is 8.71. The molecule has 0 aliphatic rings. The number of carbonyl (C=O) groups excluding carboxylic acids is 1. The van der Waals surface area contributed by atoms with Crippen LogP contribution in [-0.2, 0) is 17.9 Å². The van der Waals surface area contributed by atoms with Crippen LogP contribution in [0.15, 0.2) is 60.7 Å². The highest BCUT2D eigenvalue weighted by Gasteiger charge is 2.23. The number of nitrogens with two attached hydrogens (primary N) is 1. The average Bonchev–Trinajstić information content (AvgIpc) is 3.28. The maximum Gasteiger partial charge on any atom is 0.305 e. The van der Waals surface area contributed by atoms with E-state index in [9.17, 15) is 19.1 Å². The fraction of sp³-hybridized carbons (Fsp3) is 0.214. The van der Waals surface area contributed by atoms with Gasteiger partial charge >= 0.3 is 5.97 Å². The number of nitrogen functional groups attached to an aromatic ring is 1. The Morgan fingerprint density at radius 3 is 2.56 bits per heavy atom. The lowest BCUT2D eigenvalue weighted by molar-refractivity contribution is -0.136. The lowest BCUT2D eigenvalue weighted by atomic mass is 10.1. The highest BCUT2D eigenvalue weighted by molar-refractivity contribution is 6.08. The first-order valence-corrected chi connectivity index (χ1v) is 12.3. The van der Waals surface area contributed by atoms with E-state index in [1.54, 1.807) is 48.5 Å². The number of imidazole rings is 1. The molecule has 4 rings (SSSR count). The van der Waals surface area contributed by atoms with Crippen molar-refractivity contribution in [2.45, 2.75) is 26.4 Å². The van der Waals surface area contributed by atoms with Crippen LogP contribution in [0.25, 0.3) is 11.0 Å². The van der Waals surface area contributed by atoms with Crippen LogP contribution in [0.3, 0.4) is 0 Å². The van der Waals surface area contributed by atoms with Crippen LogP contribution in [0.4, 0.5) is 15.8 Å². The molecule has 39 heavy (non-hydrogen) atoms. The lowest BCUT2D eigenvalue weighted by Crippen LogP contribution is -2.33. The zero-order valence-electron chi connectivity index (χ0n) is 21.6. The molecule has 0 atom stereocenters.